The molecule has 0 amide bonds. The summed E-state index contributed by atoms with van der Waals surface area (Å²) < 4.78 is 5.99. The number of anilines is 1. The van der Waals surface area contributed by atoms with E-state index in [4.69, 9.17) is 16.3 Å². The normalized spacial score (nSPS) is 10.3. The summed E-state index contributed by atoms with van der Waals surface area (Å²) in [5, 5.41) is 6.83. The number of rotatable bonds is 8. The number of hydrogen-bond acceptors (Lipinski definition) is 3. The molecule has 2 N–H and O–H groups in total. The maximum atomic E-state index is 6.31. The Morgan fingerprint density at radius 3 is 2.52 bits per heavy atom. The minimum Gasteiger partial charge on any atom is -0.493 e. The van der Waals surface area contributed by atoms with Crippen LogP contribution in [0.1, 0.15) is 25.0 Å². The van der Waals surface area contributed by atoms with E-state index < -0.39 is 0 Å². The Morgan fingerprint density at radius 1 is 1.19 bits per heavy atom. The van der Waals surface area contributed by atoms with Gasteiger partial charge in [-0.25, -0.2) is 0 Å². The lowest BCUT2D eigenvalue weighted by atomic mass is 10.1. The van der Waals surface area contributed by atoms with Crippen LogP contribution >= 0.6 is 11.6 Å². The smallest absolute Gasteiger partial charge is 0.126 e. The zero-order valence-corrected chi connectivity index (χ0v) is 17.1. The van der Waals surface area contributed by atoms with Crippen LogP contribution in [0.5, 0.6) is 5.75 Å². The highest BCUT2D eigenvalue weighted by molar-refractivity contribution is 6.31. The third-order valence-corrected chi connectivity index (χ3v) is 4.05. The fourth-order valence-corrected chi connectivity index (χ4v) is 2.63. The first-order chi connectivity index (χ1) is 13.1. The molecule has 2 aromatic carbocycles. The molecule has 0 bridgehead atoms. The SMILES string of the molecule is C=CC.C=CN/C=C(\C)c1ccccc1OCCc1ccc(NC)cc1Cl. The van der Waals surface area contributed by atoms with E-state index in [0.717, 1.165) is 39.6 Å². The number of nitrogens with one attached hydrogen (secondary N) is 2. The third-order valence-electron chi connectivity index (χ3n) is 3.70. The lowest BCUT2D eigenvalue weighted by molar-refractivity contribution is 0.321. The monoisotopic (exact) mass is 384 g/mol. The molecule has 0 aliphatic heterocycles. The summed E-state index contributed by atoms with van der Waals surface area (Å²) in [6.07, 6.45) is 6.05. The summed E-state index contributed by atoms with van der Waals surface area (Å²) in [4.78, 5) is 0. The Bertz CT molecular complexity index is 769. The molecule has 0 spiro atoms. The molecule has 144 valence electrons. The zero-order valence-electron chi connectivity index (χ0n) is 16.4. The average Bonchev–Trinajstić information content (AvgIpc) is 2.68. The quantitative estimate of drug-likeness (QED) is 0.524. The van der Waals surface area contributed by atoms with Gasteiger partial charge in [-0.3, -0.25) is 0 Å². The molecule has 3 nitrogen and oxygen atoms in total. The van der Waals surface area contributed by atoms with Crippen LogP contribution in [0.3, 0.4) is 0 Å². The second-order valence-corrected chi connectivity index (χ2v) is 6.16. The van der Waals surface area contributed by atoms with Crippen molar-refractivity contribution in [2.75, 3.05) is 19.0 Å². The van der Waals surface area contributed by atoms with Crippen molar-refractivity contribution in [1.82, 2.24) is 5.32 Å². The van der Waals surface area contributed by atoms with Gasteiger partial charge < -0.3 is 15.4 Å². The molecule has 0 aromatic heterocycles. The number of allylic oxidation sites excluding steroid dienone is 2. The van der Waals surface area contributed by atoms with E-state index >= 15 is 0 Å². The fraction of sp³-hybridized carbons (Fsp3) is 0.217. The lowest BCUT2D eigenvalue weighted by Crippen LogP contribution is -2.04. The van der Waals surface area contributed by atoms with Gasteiger partial charge in [0.1, 0.15) is 5.75 Å². The number of hydrogen-bond donors (Lipinski definition) is 2. The number of halogens is 1. The van der Waals surface area contributed by atoms with Crippen molar-refractivity contribution in [1.29, 1.82) is 0 Å². The van der Waals surface area contributed by atoms with Gasteiger partial charge in [0, 0.05) is 35.9 Å². The maximum Gasteiger partial charge on any atom is 0.126 e. The molecule has 4 heteroatoms. The molecule has 0 heterocycles. The van der Waals surface area contributed by atoms with Gasteiger partial charge in [-0.05, 0) is 49.4 Å². The third kappa shape index (κ3) is 7.63. The van der Waals surface area contributed by atoms with Crippen LogP contribution in [0.4, 0.5) is 5.69 Å². The fourth-order valence-electron chi connectivity index (χ4n) is 2.36. The molecule has 0 unspecified atom stereocenters. The van der Waals surface area contributed by atoms with Gasteiger partial charge in [0.05, 0.1) is 6.61 Å². The molecule has 2 rings (SSSR count). The van der Waals surface area contributed by atoms with E-state index in [2.05, 4.69) is 23.8 Å². The lowest BCUT2D eigenvalue weighted by Gasteiger charge is -2.13. The molecule has 0 radical (unpaired) electrons. The first kappa shape index (κ1) is 22.4. The Morgan fingerprint density at radius 2 is 1.89 bits per heavy atom. The van der Waals surface area contributed by atoms with E-state index in [1.54, 1.807) is 12.3 Å². The Labute approximate surface area is 168 Å². The highest BCUT2D eigenvalue weighted by Gasteiger charge is 2.06. The van der Waals surface area contributed by atoms with E-state index in [9.17, 15) is 0 Å². The average molecular weight is 385 g/mol. The van der Waals surface area contributed by atoms with E-state index in [1.807, 2.05) is 69.6 Å². The van der Waals surface area contributed by atoms with Crippen LogP contribution in [0, 0.1) is 0 Å². The van der Waals surface area contributed by atoms with Gasteiger partial charge in [0.2, 0.25) is 0 Å². The maximum absolute atomic E-state index is 6.31. The van der Waals surface area contributed by atoms with Crippen LogP contribution in [-0.4, -0.2) is 13.7 Å². The largest absolute Gasteiger partial charge is 0.493 e. The van der Waals surface area contributed by atoms with Gasteiger partial charge in [0.15, 0.2) is 0 Å². The standard InChI is InChI=1S/C20H23ClN2O.C3H6/c1-4-23-14-15(2)18-7-5-6-8-20(18)24-12-11-16-9-10-17(22-3)13-19(16)21;1-3-2/h4-10,13-14,22-23H,1,11-12H2,2-3H3;3H,1H2,2H3/b15-14+;. The van der Waals surface area contributed by atoms with Crippen LogP contribution in [-0.2, 0) is 6.42 Å². The van der Waals surface area contributed by atoms with Crippen molar-refractivity contribution in [3.63, 3.8) is 0 Å². The predicted octanol–water partition coefficient (Wildman–Crippen LogP) is 6.29. The van der Waals surface area contributed by atoms with E-state index in [-0.39, 0.29) is 0 Å². The first-order valence-electron chi connectivity index (χ1n) is 8.86. The van der Waals surface area contributed by atoms with Crippen molar-refractivity contribution >= 4 is 22.9 Å². The molecule has 0 fully saturated rings. The van der Waals surface area contributed by atoms with Crippen LogP contribution in [0.15, 0.2) is 74.1 Å². The van der Waals surface area contributed by atoms with Gasteiger partial charge in [-0.2, -0.15) is 0 Å². The van der Waals surface area contributed by atoms with Gasteiger partial charge in [0.25, 0.3) is 0 Å². The Balaban J connectivity index is 0.00000114. The van der Waals surface area contributed by atoms with Gasteiger partial charge in [-0.1, -0.05) is 48.5 Å². The molecule has 0 atom stereocenters. The summed E-state index contributed by atoms with van der Waals surface area (Å²) in [5.74, 6) is 0.861. The summed E-state index contributed by atoms with van der Waals surface area (Å²) in [6.45, 7) is 11.5. The second kappa shape index (κ2) is 12.7. The molecule has 27 heavy (non-hydrogen) atoms. The predicted molar refractivity (Wildman–Crippen MR) is 119 cm³/mol. The number of para-hydroxylation sites is 1. The van der Waals surface area contributed by atoms with E-state index in [1.165, 1.54) is 0 Å². The van der Waals surface area contributed by atoms with Crippen molar-refractivity contribution < 1.29 is 4.74 Å². The number of ether oxygens (including phenoxy) is 1. The van der Waals surface area contributed by atoms with Crippen molar-refractivity contribution in [2.24, 2.45) is 0 Å². The molecule has 0 saturated carbocycles. The molecule has 0 aliphatic rings. The summed E-state index contributed by atoms with van der Waals surface area (Å²) in [5.41, 5.74) is 4.23. The summed E-state index contributed by atoms with van der Waals surface area (Å²) >= 11 is 6.31. The Kier molecular flexibility index (Phi) is 10.5. The van der Waals surface area contributed by atoms with Gasteiger partial charge >= 0.3 is 0 Å². The topological polar surface area (TPSA) is 33.3 Å². The molecule has 0 saturated heterocycles. The molecular weight excluding hydrogens is 356 g/mol. The van der Waals surface area contributed by atoms with Crippen molar-refractivity contribution in [3.05, 3.63) is 90.2 Å². The van der Waals surface area contributed by atoms with Crippen LogP contribution in [0.25, 0.3) is 5.57 Å². The highest BCUT2D eigenvalue weighted by atomic mass is 35.5. The second-order valence-electron chi connectivity index (χ2n) is 5.76. The minimum absolute atomic E-state index is 0.567. The zero-order chi connectivity index (χ0) is 20.1. The molecule has 2 aromatic rings. The summed E-state index contributed by atoms with van der Waals surface area (Å²) in [6, 6.07) is 14.0. The van der Waals surface area contributed by atoms with Crippen LogP contribution in [0.2, 0.25) is 5.02 Å². The Hall–Kier alpha value is -2.65. The molecular formula is C23H29ClN2O. The van der Waals surface area contributed by atoms with Crippen molar-refractivity contribution in [3.8, 4) is 5.75 Å². The summed E-state index contributed by atoms with van der Waals surface area (Å²) in [7, 11) is 1.88. The van der Waals surface area contributed by atoms with Crippen LogP contribution < -0.4 is 15.4 Å². The first-order valence-corrected chi connectivity index (χ1v) is 9.24. The van der Waals surface area contributed by atoms with Gasteiger partial charge in [-0.15, -0.1) is 6.58 Å². The highest BCUT2D eigenvalue weighted by Crippen LogP contribution is 2.26. The minimum atomic E-state index is 0.567. The van der Waals surface area contributed by atoms with E-state index in [0.29, 0.717) is 6.61 Å². The number of benzene rings is 2. The van der Waals surface area contributed by atoms with Crippen molar-refractivity contribution in [2.45, 2.75) is 20.3 Å². The molecule has 0 aliphatic carbocycles.